The number of rotatable bonds is 1. The average molecular weight is 288 g/mol. The van der Waals surface area contributed by atoms with Gasteiger partial charge in [0.2, 0.25) is 0 Å². The highest BCUT2D eigenvalue weighted by Crippen LogP contribution is 2.52. The molecular formula is C19H28O2. The first-order chi connectivity index (χ1) is 9.94. The van der Waals surface area contributed by atoms with Crippen LogP contribution in [0.2, 0.25) is 0 Å². The van der Waals surface area contributed by atoms with Gasteiger partial charge in [-0.05, 0) is 72.6 Å². The van der Waals surface area contributed by atoms with Gasteiger partial charge >= 0.3 is 0 Å². The van der Waals surface area contributed by atoms with E-state index >= 15 is 0 Å². The lowest BCUT2D eigenvalue weighted by Gasteiger charge is -2.45. The van der Waals surface area contributed by atoms with Crippen molar-refractivity contribution >= 4 is 0 Å². The van der Waals surface area contributed by atoms with Crippen LogP contribution >= 0.6 is 0 Å². The molecule has 1 aromatic carbocycles. The molecule has 1 N–H and O–H groups in total. The summed E-state index contributed by atoms with van der Waals surface area (Å²) in [5.41, 5.74) is 3.96. The number of benzene rings is 1. The summed E-state index contributed by atoms with van der Waals surface area (Å²) >= 11 is 0. The molecule has 0 bridgehead atoms. The number of hydrogen-bond acceptors (Lipinski definition) is 2. The Balaban J connectivity index is 2.03. The molecule has 0 amide bonds. The molecule has 2 heteroatoms. The van der Waals surface area contributed by atoms with Crippen LogP contribution in [0.4, 0.5) is 0 Å². The molecule has 21 heavy (non-hydrogen) atoms. The number of methoxy groups -OCH3 is 1. The molecule has 1 unspecified atom stereocenters. The molecule has 0 heterocycles. The SMILES string of the molecule is COc1cc2c(cc1C)CC[C@@H]1[C@@H](CCCC1(C)C)C2O. The third-order valence-electron chi connectivity index (χ3n) is 5.98. The summed E-state index contributed by atoms with van der Waals surface area (Å²) in [6, 6.07) is 4.31. The molecular weight excluding hydrogens is 260 g/mol. The Labute approximate surface area is 128 Å². The van der Waals surface area contributed by atoms with Gasteiger partial charge in [-0.1, -0.05) is 26.3 Å². The summed E-state index contributed by atoms with van der Waals surface area (Å²) < 4.78 is 5.47. The number of ether oxygens (including phenoxy) is 1. The van der Waals surface area contributed by atoms with Gasteiger partial charge in [-0.25, -0.2) is 0 Å². The Morgan fingerprint density at radius 1 is 1.24 bits per heavy atom. The molecule has 116 valence electrons. The van der Waals surface area contributed by atoms with E-state index in [9.17, 15) is 5.11 Å². The van der Waals surface area contributed by atoms with Crippen LogP contribution in [-0.4, -0.2) is 12.2 Å². The highest BCUT2D eigenvalue weighted by atomic mass is 16.5. The maximum Gasteiger partial charge on any atom is 0.122 e. The lowest BCUT2D eigenvalue weighted by Crippen LogP contribution is -2.37. The fraction of sp³-hybridized carbons (Fsp3) is 0.684. The van der Waals surface area contributed by atoms with Gasteiger partial charge in [-0.15, -0.1) is 0 Å². The van der Waals surface area contributed by atoms with Crippen LogP contribution in [0.25, 0.3) is 0 Å². The molecule has 1 saturated carbocycles. The van der Waals surface area contributed by atoms with Gasteiger partial charge in [0, 0.05) is 0 Å². The van der Waals surface area contributed by atoms with Gasteiger partial charge in [0.05, 0.1) is 13.2 Å². The van der Waals surface area contributed by atoms with Crippen LogP contribution in [0.15, 0.2) is 12.1 Å². The van der Waals surface area contributed by atoms with E-state index in [0.29, 0.717) is 17.3 Å². The van der Waals surface area contributed by atoms with Crippen molar-refractivity contribution in [3.63, 3.8) is 0 Å². The monoisotopic (exact) mass is 288 g/mol. The van der Waals surface area contributed by atoms with E-state index < -0.39 is 0 Å². The zero-order chi connectivity index (χ0) is 15.2. The van der Waals surface area contributed by atoms with Crippen molar-refractivity contribution in [3.05, 3.63) is 28.8 Å². The van der Waals surface area contributed by atoms with E-state index in [0.717, 1.165) is 24.2 Å². The van der Waals surface area contributed by atoms with Gasteiger partial charge in [0.15, 0.2) is 0 Å². The summed E-state index contributed by atoms with van der Waals surface area (Å²) in [6.45, 7) is 6.87. The van der Waals surface area contributed by atoms with E-state index in [-0.39, 0.29) is 6.10 Å². The standard InChI is InChI=1S/C19H28O2/c1-12-10-13-7-8-16-14(6-5-9-19(16,2)3)18(20)15(13)11-17(12)21-4/h10-11,14,16,18,20H,5-9H2,1-4H3/t14-,16-,18?/m1/s1. The zero-order valence-electron chi connectivity index (χ0n) is 13.8. The molecule has 0 aromatic heterocycles. The summed E-state index contributed by atoms with van der Waals surface area (Å²) in [4.78, 5) is 0. The summed E-state index contributed by atoms with van der Waals surface area (Å²) in [5.74, 6) is 1.93. The minimum absolute atomic E-state index is 0.332. The summed E-state index contributed by atoms with van der Waals surface area (Å²) in [6.07, 6.45) is 5.64. The summed E-state index contributed by atoms with van der Waals surface area (Å²) in [7, 11) is 1.71. The van der Waals surface area contributed by atoms with Crippen molar-refractivity contribution in [3.8, 4) is 5.75 Å². The lowest BCUT2D eigenvalue weighted by atomic mass is 9.61. The second-order valence-electron chi connectivity index (χ2n) is 7.66. The van der Waals surface area contributed by atoms with Crippen molar-refractivity contribution in [2.45, 2.75) is 59.0 Å². The molecule has 2 nitrogen and oxygen atoms in total. The fourth-order valence-corrected chi connectivity index (χ4v) is 4.76. The predicted octanol–water partition coefficient (Wildman–Crippen LogP) is 4.43. The predicted molar refractivity (Wildman–Crippen MR) is 85.6 cm³/mol. The van der Waals surface area contributed by atoms with E-state index in [2.05, 4.69) is 32.9 Å². The molecule has 3 rings (SSSR count). The third-order valence-corrected chi connectivity index (χ3v) is 5.98. The second kappa shape index (κ2) is 5.31. The normalized spacial score (nSPS) is 31.0. The fourth-order valence-electron chi connectivity index (χ4n) is 4.76. The molecule has 2 aliphatic carbocycles. The highest BCUT2D eigenvalue weighted by Gasteiger charge is 2.43. The Morgan fingerprint density at radius 2 is 2.00 bits per heavy atom. The molecule has 0 aliphatic heterocycles. The maximum absolute atomic E-state index is 11.0. The first-order valence-electron chi connectivity index (χ1n) is 8.29. The summed E-state index contributed by atoms with van der Waals surface area (Å²) in [5, 5.41) is 11.0. The molecule has 2 aliphatic rings. The lowest BCUT2D eigenvalue weighted by molar-refractivity contribution is -0.0132. The molecule has 1 fully saturated rings. The van der Waals surface area contributed by atoms with E-state index in [1.807, 2.05) is 0 Å². The van der Waals surface area contributed by atoms with Crippen LogP contribution in [0.1, 0.15) is 62.3 Å². The molecule has 1 aromatic rings. The second-order valence-corrected chi connectivity index (χ2v) is 7.66. The van der Waals surface area contributed by atoms with Gasteiger partial charge in [-0.2, -0.15) is 0 Å². The number of aryl methyl sites for hydroxylation is 2. The largest absolute Gasteiger partial charge is 0.496 e. The first kappa shape index (κ1) is 14.9. The number of hydrogen-bond donors (Lipinski definition) is 1. The molecule has 3 atom stereocenters. The van der Waals surface area contributed by atoms with E-state index in [4.69, 9.17) is 4.74 Å². The van der Waals surface area contributed by atoms with Crippen LogP contribution in [-0.2, 0) is 6.42 Å². The van der Waals surface area contributed by atoms with Crippen molar-refractivity contribution in [1.82, 2.24) is 0 Å². The average Bonchev–Trinajstić information content (AvgIpc) is 2.57. The topological polar surface area (TPSA) is 29.5 Å². The van der Waals surface area contributed by atoms with Gasteiger partial charge in [-0.3, -0.25) is 0 Å². The van der Waals surface area contributed by atoms with Crippen molar-refractivity contribution in [2.24, 2.45) is 17.3 Å². The minimum atomic E-state index is -0.332. The molecule has 0 spiro atoms. The van der Waals surface area contributed by atoms with Crippen molar-refractivity contribution in [1.29, 1.82) is 0 Å². The zero-order valence-corrected chi connectivity index (χ0v) is 13.8. The van der Waals surface area contributed by atoms with Crippen LogP contribution < -0.4 is 4.74 Å². The smallest absolute Gasteiger partial charge is 0.122 e. The Hall–Kier alpha value is -1.02. The van der Waals surface area contributed by atoms with Crippen molar-refractivity contribution < 1.29 is 9.84 Å². The molecule has 0 radical (unpaired) electrons. The Kier molecular flexibility index (Phi) is 3.77. The Bertz CT molecular complexity index is 533. The number of aliphatic hydroxyl groups is 1. The van der Waals surface area contributed by atoms with Gasteiger partial charge in [0.1, 0.15) is 5.75 Å². The van der Waals surface area contributed by atoms with Crippen molar-refractivity contribution in [2.75, 3.05) is 7.11 Å². The number of aliphatic hydroxyl groups excluding tert-OH is 1. The van der Waals surface area contributed by atoms with E-state index in [1.54, 1.807) is 7.11 Å². The number of fused-ring (bicyclic) bond motifs is 2. The van der Waals surface area contributed by atoms with Crippen LogP contribution in [0.5, 0.6) is 5.75 Å². The van der Waals surface area contributed by atoms with Crippen LogP contribution in [0.3, 0.4) is 0 Å². The maximum atomic E-state index is 11.0. The van der Waals surface area contributed by atoms with Gasteiger partial charge in [0.25, 0.3) is 0 Å². The quantitative estimate of drug-likeness (QED) is 0.828. The third kappa shape index (κ3) is 2.48. The van der Waals surface area contributed by atoms with E-state index in [1.165, 1.54) is 30.4 Å². The van der Waals surface area contributed by atoms with Crippen LogP contribution in [0, 0.1) is 24.2 Å². The highest BCUT2D eigenvalue weighted by molar-refractivity contribution is 5.44. The Morgan fingerprint density at radius 3 is 2.71 bits per heavy atom. The first-order valence-corrected chi connectivity index (χ1v) is 8.29. The molecule has 0 saturated heterocycles. The minimum Gasteiger partial charge on any atom is -0.496 e. The van der Waals surface area contributed by atoms with Gasteiger partial charge < -0.3 is 9.84 Å².